The van der Waals surface area contributed by atoms with Gasteiger partial charge in [0.15, 0.2) is 0 Å². The molecule has 0 unspecified atom stereocenters. The van der Waals surface area contributed by atoms with E-state index in [2.05, 4.69) is 11.0 Å². The number of morpholine rings is 1. The Bertz CT molecular complexity index is 468. The minimum atomic E-state index is -0.195. The lowest BCUT2D eigenvalue weighted by Gasteiger charge is -2.34. The molecule has 0 N–H and O–H groups in total. The number of benzene rings is 1. The Hall–Kier alpha value is -1.23. The maximum absolute atomic E-state index is 12.8. The number of nitrogens with zero attached hydrogens (tertiary/aromatic N) is 1. The second-order valence-corrected chi connectivity index (χ2v) is 5.67. The molecule has 3 nitrogen and oxygen atoms in total. The molecule has 2 saturated heterocycles. The van der Waals surface area contributed by atoms with E-state index in [1.807, 2.05) is 6.08 Å². The fourth-order valence-electron chi connectivity index (χ4n) is 2.93. The predicted molar refractivity (Wildman–Crippen MR) is 80.6 cm³/mol. The van der Waals surface area contributed by atoms with E-state index in [-0.39, 0.29) is 18.0 Å². The van der Waals surface area contributed by atoms with Gasteiger partial charge in [-0.2, -0.15) is 0 Å². The topological polar surface area (TPSA) is 21.7 Å². The Labute approximate surface area is 125 Å². The number of ether oxygens (including phenoxy) is 2. The Morgan fingerprint density at radius 3 is 2.71 bits per heavy atom. The predicted octanol–water partition coefficient (Wildman–Crippen LogP) is 2.72. The van der Waals surface area contributed by atoms with Crippen molar-refractivity contribution < 1.29 is 13.9 Å². The van der Waals surface area contributed by atoms with E-state index in [1.54, 1.807) is 12.1 Å². The summed E-state index contributed by atoms with van der Waals surface area (Å²) in [5.41, 5.74) is 1.03. The fourth-order valence-corrected chi connectivity index (χ4v) is 2.93. The van der Waals surface area contributed by atoms with E-state index >= 15 is 0 Å². The molecular formula is C17H22FNO2. The molecule has 0 spiro atoms. The molecule has 0 aliphatic carbocycles. The number of halogens is 1. The quantitative estimate of drug-likeness (QED) is 0.851. The van der Waals surface area contributed by atoms with Crippen LogP contribution in [0, 0.1) is 5.82 Å². The van der Waals surface area contributed by atoms with Gasteiger partial charge in [-0.15, -0.1) is 0 Å². The van der Waals surface area contributed by atoms with Crippen LogP contribution in [-0.4, -0.2) is 50.0 Å². The molecule has 2 fully saturated rings. The third kappa shape index (κ3) is 4.13. The van der Waals surface area contributed by atoms with Gasteiger partial charge in [0.25, 0.3) is 0 Å². The first-order chi connectivity index (χ1) is 10.3. The minimum Gasteiger partial charge on any atom is -0.375 e. The zero-order chi connectivity index (χ0) is 14.5. The van der Waals surface area contributed by atoms with Crippen LogP contribution >= 0.6 is 0 Å². The van der Waals surface area contributed by atoms with Crippen LogP contribution in [0.2, 0.25) is 0 Å². The molecule has 2 heterocycles. The first-order valence-corrected chi connectivity index (χ1v) is 7.69. The van der Waals surface area contributed by atoms with E-state index in [4.69, 9.17) is 9.47 Å². The largest absolute Gasteiger partial charge is 0.375 e. The molecule has 21 heavy (non-hydrogen) atoms. The van der Waals surface area contributed by atoms with Crippen molar-refractivity contribution in [1.29, 1.82) is 0 Å². The summed E-state index contributed by atoms with van der Waals surface area (Å²) in [6.45, 7) is 4.42. The van der Waals surface area contributed by atoms with Crippen molar-refractivity contribution in [1.82, 2.24) is 4.90 Å². The monoisotopic (exact) mass is 291 g/mol. The van der Waals surface area contributed by atoms with Crippen LogP contribution in [0.25, 0.3) is 6.08 Å². The molecule has 0 radical (unpaired) electrons. The summed E-state index contributed by atoms with van der Waals surface area (Å²) in [7, 11) is 0. The van der Waals surface area contributed by atoms with Gasteiger partial charge in [0.05, 0.1) is 18.8 Å². The lowest BCUT2D eigenvalue weighted by Crippen LogP contribution is -2.47. The van der Waals surface area contributed by atoms with Gasteiger partial charge in [0.1, 0.15) is 5.82 Å². The standard InChI is InChI=1S/C17H22FNO2/c18-15-7-5-14(6-8-15)3-1-9-19-10-12-21-17(13-19)16-4-2-11-20-16/h1,3,5-8,16-17H,2,4,9-13H2/b3-1+/t16-,17+/m0/s1. The van der Waals surface area contributed by atoms with E-state index in [0.29, 0.717) is 0 Å². The van der Waals surface area contributed by atoms with Crippen LogP contribution in [0.1, 0.15) is 18.4 Å². The van der Waals surface area contributed by atoms with Gasteiger partial charge in [-0.1, -0.05) is 24.3 Å². The summed E-state index contributed by atoms with van der Waals surface area (Å²) in [6, 6.07) is 6.56. The summed E-state index contributed by atoms with van der Waals surface area (Å²) < 4.78 is 24.4. The van der Waals surface area contributed by atoms with Crippen molar-refractivity contribution in [2.75, 3.05) is 32.8 Å². The highest BCUT2D eigenvalue weighted by atomic mass is 19.1. The first-order valence-electron chi connectivity index (χ1n) is 7.69. The molecule has 0 saturated carbocycles. The van der Waals surface area contributed by atoms with Crippen molar-refractivity contribution in [2.24, 2.45) is 0 Å². The third-order valence-electron chi connectivity index (χ3n) is 4.10. The van der Waals surface area contributed by atoms with E-state index < -0.39 is 0 Å². The normalized spacial score (nSPS) is 27.5. The Balaban J connectivity index is 1.49. The van der Waals surface area contributed by atoms with E-state index in [1.165, 1.54) is 12.1 Å². The van der Waals surface area contributed by atoms with Crippen LogP contribution in [0.5, 0.6) is 0 Å². The second-order valence-electron chi connectivity index (χ2n) is 5.67. The zero-order valence-electron chi connectivity index (χ0n) is 12.2. The highest BCUT2D eigenvalue weighted by Gasteiger charge is 2.30. The zero-order valence-corrected chi connectivity index (χ0v) is 12.2. The maximum atomic E-state index is 12.8. The smallest absolute Gasteiger partial charge is 0.123 e. The van der Waals surface area contributed by atoms with Gasteiger partial charge in [-0.05, 0) is 30.5 Å². The van der Waals surface area contributed by atoms with E-state index in [0.717, 1.165) is 51.3 Å². The van der Waals surface area contributed by atoms with E-state index in [9.17, 15) is 4.39 Å². The number of hydrogen-bond donors (Lipinski definition) is 0. The second kappa shape index (κ2) is 7.16. The molecule has 0 amide bonds. The average Bonchev–Trinajstić information content (AvgIpc) is 3.04. The SMILES string of the molecule is Fc1ccc(/C=C/CN2CCO[C@@H]([C@@H]3CCCO3)C2)cc1. The summed E-state index contributed by atoms with van der Waals surface area (Å²) in [5, 5.41) is 0. The maximum Gasteiger partial charge on any atom is 0.123 e. The number of hydrogen-bond acceptors (Lipinski definition) is 3. The molecule has 1 aromatic carbocycles. The first kappa shape index (κ1) is 14.7. The molecule has 0 bridgehead atoms. The van der Waals surface area contributed by atoms with Gasteiger partial charge in [-0.3, -0.25) is 4.90 Å². The molecule has 2 aliphatic rings. The Kier molecular flexibility index (Phi) is 5.01. The molecule has 3 rings (SSSR count). The highest BCUT2D eigenvalue weighted by molar-refractivity contribution is 5.48. The van der Waals surface area contributed by atoms with Crippen molar-refractivity contribution in [3.05, 3.63) is 41.7 Å². The van der Waals surface area contributed by atoms with Gasteiger partial charge < -0.3 is 9.47 Å². The molecule has 4 heteroatoms. The van der Waals surface area contributed by atoms with Crippen LogP contribution in [0.15, 0.2) is 30.3 Å². The molecule has 114 valence electrons. The Morgan fingerprint density at radius 2 is 1.95 bits per heavy atom. The van der Waals surface area contributed by atoms with Gasteiger partial charge in [0, 0.05) is 26.2 Å². The van der Waals surface area contributed by atoms with Crippen LogP contribution in [-0.2, 0) is 9.47 Å². The lowest BCUT2D eigenvalue weighted by atomic mass is 10.1. The van der Waals surface area contributed by atoms with Crippen LogP contribution in [0.4, 0.5) is 4.39 Å². The Morgan fingerprint density at radius 1 is 1.14 bits per heavy atom. The number of rotatable bonds is 4. The van der Waals surface area contributed by atoms with Crippen molar-refractivity contribution >= 4 is 6.08 Å². The van der Waals surface area contributed by atoms with Gasteiger partial charge in [-0.25, -0.2) is 4.39 Å². The van der Waals surface area contributed by atoms with Gasteiger partial charge >= 0.3 is 0 Å². The lowest BCUT2D eigenvalue weighted by molar-refractivity contribution is -0.0920. The summed E-state index contributed by atoms with van der Waals surface area (Å²) in [6.07, 6.45) is 6.91. The van der Waals surface area contributed by atoms with Crippen molar-refractivity contribution in [3.63, 3.8) is 0 Å². The van der Waals surface area contributed by atoms with Crippen LogP contribution < -0.4 is 0 Å². The van der Waals surface area contributed by atoms with Gasteiger partial charge in [0.2, 0.25) is 0 Å². The molecule has 2 atom stereocenters. The summed E-state index contributed by atoms with van der Waals surface area (Å²) in [5.74, 6) is -0.195. The summed E-state index contributed by atoms with van der Waals surface area (Å²) >= 11 is 0. The molecule has 1 aromatic rings. The fraction of sp³-hybridized carbons (Fsp3) is 0.529. The molecule has 2 aliphatic heterocycles. The minimum absolute atomic E-state index is 0.195. The average molecular weight is 291 g/mol. The van der Waals surface area contributed by atoms with Crippen LogP contribution in [0.3, 0.4) is 0 Å². The highest BCUT2D eigenvalue weighted by Crippen LogP contribution is 2.20. The van der Waals surface area contributed by atoms with Crippen molar-refractivity contribution in [2.45, 2.75) is 25.0 Å². The molecular weight excluding hydrogens is 269 g/mol. The molecule has 0 aromatic heterocycles. The third-order valence-corrected chi connectivity index (χ3v) is 4.10. The summed E-state index contributed by atoms with van der Waals surface area (Å²) in [4.78, 5) is 2.38. The van der Waals surface area contributed by atoms with Crippen molar-refractivity contribution in [3.8, 4) is 0 Å².